The van der Waals surface area contributed by atoms with E-state index in [-0.39, 0.29) is 11.8 Å². The topological polar surface area (TPSA) is 30.2 Å². The van der Waals surface area contributed by atoms with Gasteiger partial charge in [0.25, 0.3) is 0 Å². The average Bonchev–Trinajstić information content (AvgIpc) is 2.84. The molecule has 0 saturated carbocycles. The Morgan fingerprint density at radius 1 is 0.645 bits per heavy atom. The average molecular weight is 423 g/mol. The van der Waals surface area contributed by atoms with E-state index in [2.05, 4.69) is 80.6 Å². The summed E-state index contributed by atoms with van der Waals surface area (Å²) in [5, 5.41) is 2.81. The maximum Gasteiger partial charge on any atom is 0.597 e. The molecular formula is C28H24O2P+. The summed E-state index contributed by atoms with van der Waals surface area (Å²) in [5.41, 5.74) is 5.56. The van der Waals surface area contributed by atoms with E-state index >= 15 is 0 Å². The normalized spacial score (nSPS) is 13.9. The van der Waals surface area contributed by atoms with Gasteiger partial charge in [0, 0.05) is 28.2 Å². The summed E-state index contributed by atoms with van der Waals surface area (Å²) in [4.78, 5) is 0. The van der Waals surface area contributed by atoms with Gasteiger partial charge in [-0.15, -0.1) is 0 Å². The highest BCUT2D eigenvalue weighted by molar-refractivity contribution is 7.37. The second-order valence-corrected chi connectivity index (χ2v) is 9.30. The maximum atomic E-state index is 12.9. The quantitative estimate of drug-likeness (QED) is 0.271. The molecule has 1 aromatic heterocycles. The summed E-state index contributed by atoms with van der Waals surface area (Å²) in [6.07, 6.45) is 0. The van der Waals surface area contributed by atoms with Gasteiger partial charge < -0.3 is 0 Å². The first kappa shape index (κ1) is 19.7. The standard InChI is InChI=1S/C28H24O2P/c1-19(21-11-5-3-6-12-21)23-17-25(20(2)22-13-7-4-8-14-22)28-26(18-23)24-15-9-10-16-27(24)31(29)30-28/h3-20H,1-2H3/q+1. The molecule has 0 saturated heterocycles. The Kier molecular flexibility index (Phi) is 5.18. The van der Waals surface area contributed by atoms with Crippen LogP contribution in [0, 0.1) is 0 Å². The van der Waals surface area contributed by atoms with Crippen LogP contribution in [0.2, 0.25) is 0 Å². The van der Waals surface area contributed by atoms with Gasteiger partial charge in [0.15, 0.2) is 5.58 Å². The van der Waals surface area contributed by atoms with Crippen LogP contribution in [-0.2, 0) is 4.57 Å². The van der Waals surface area contributed by atoms with Crippen LogP contribution in [0.1, 0.15) is 47.9 Å². The van der Waals surface area contributed by atoms with Gasteiger partial charge in [0.05, 0.1) is 0 Å². The fourth-order valence-corrected chi connectivity index (χ4v) is 5.46. The molecule has 0 bridgehead atoms. The van der Waals surface area contributed by atoms with Crippen molar-refractivity contribution < 1.29 is 8.76 Å². The zero-order valence-corrected chi connectivity index (χ0v) is 18.6. The number of hydrogen-bond acceptors (Lipinski definition) is 2. The Hall–Kier alpha value is -3.22. The molecule has 2 nitrogen and oxygen atoms in total. The molecule has 0 aliphatic heterocycles. The minimum atomic E-state index is -1.92. The lowest BCUT2D eigenvalue weighted by atomic mass is 9.85. The van der Waals surface area contributed by atoms with E-state index in [1.165, 1.54) is 16.7 Å². The monoisotopic (exact) mass is 423 g/mol. The number of fused-ring (bicyclic) bond motifs is 3. The van der Waals surface area contributed by atoms with Gasteiger partial charge in [-0.1, -0.05) is 92.7 Å². The molecule has 0 aliphatic carbocycles. The lowest BCUT2D eigenvalue weighted by Gasteiger charge is -2.18. The van der Waals surface area contributed by atoms with Crippen LogP contribution in [0.3, 0.4) is 0 Å². The van der Waals surface area contributed by atoms with E-state index in [0.29, 0.717) is 0 Å². The largest absolute Gasteiger partial charge is 0.597 e. The third-order valence-corrected chi connectivity index (χ3v) is 7.40. The third-order valence-electron chi connectivity index (χ3n) is 6.27. The van der Waals surface area contributed by atoms with Crippen molar-refractivity contribution in [3.05, 3.63) is 119 Å². The molecule has 0 aliphatic rings. The summed E-state index contributed by atoms with van der Waals surface area (Å²) in [6.45, 7) is 4.43. The molecule has 0 N–H and O–H groups in total. The lowest BCUT2D eigenvalue weighted by Crippen LogP contribution is -2.02. The molecule has 3 unspecified atom stereocenters. The fourth-order valence-electron chi connectivity index (χ4n) is 4.40. The molecule has 0 amide bonds. The Morgan fingerprint density at radius 3 is 1.90 bits per heavy atom. The van der Waals surface area contributed by atoms with Gasteiger partial charge in [0.1, 0.15) is 0 Å². The summed E-state index contributed by atoms with van der Waals surface area (Å²) in [7, 11) is -1.92. The zero-order chi connectivity index (χ0) is 21.4. The summed E-state index contributed by atoms with van der Waals surface area (Å²) >= 11 is 0. The van der Waals surface area contributed by atoms with Crippen LogP contribution >= 0.6 is 7.65 Å². The van der Waals surface area contributed by atoms with Crippen molar-refractivity contribution in [2.24, 2.45) is 0 Å². The smallest absolute Gasteiger partial charge is 0.249 e. The van der Waals surface area contributed by atoms with Crippen molar-refractivity contribution in [3.63, 3.8) is 0 Å². The number of hydrogen-bond donors (Lipinski definition) is 0. The van der Waals surface area contributed by atoms with Crippen LogP contribution in [0.4, 0.5) is 0 Å². The minimum absolute atomic E-state index is 0.117. The van der Waals surface area contributed by atoms with Crippen molar-refractivity contribution in [1.29, 1.82) is 0 Å². The molecule has 0 spiro atoms. The Bertz CT molecular complexity index is 1420. The SMILES string of the molecule is CC(c1ccccc1)c1cc(C(C)c2ccccc2)c2o[p+](=O)c3ccccc3c2c1. The molecule has 1 heterocycles. The summed E-state index contributed by atoms with van der Waals surface area (Å²) < 4.78 is 19.0. The molecule has 3 heteroatoms. The van der Waals surface area contributed by atoms with Crippen LogP contribution in [-0.4, -0.2) is 0 Å². The Labute approximate surface area is 183 Å². The van der Waals surface area contributed by atoms with Crippen molar-refractivity contribution in [3.8, 4) is 0 Å². The van der Waals surface area contributed by atoms with E-state index in [1.54, 1.807) is 0 Å². The van der Waals surface area contributed by atoms with Crippen LogP contribution in [0.25, 0.3) is 21.5 Å². The molecule has 0 radical (unpaired) electrons. The minimum Gasteiger partial charge on any atom is -0.249 e. The van der Waals surface area contributed by atoms with Gasteiger partial charge in [-0.2, -0.15) is 0 Å². The zero-order valence-electron chi connectivity index (χ0n) is 17.7. The molecule has 5 rings (SSSR count). The second-order valence-electron chi connectivity index (χ2n) is 8.12. The van der Waals surface area contributed by atoms with Crippen LogP contribution < -0.4 is 0 Å². The molecule has 152 valence electrons. The van der Waals surface area contributed by atoms with Gasteiger partial charge in [0.2, 0.25) is 5.12 Å². The van der Waals surface area contributed by atoms with E-state index in [0.717, 1.165) is 27.0 Å². The van der Waals surface area contributed by atoms with Gasteiger partial charge >= 0.3 is 7.65 Å². The van der Waals surface area contributed by atoms with E-state index in [4.69, 9.17) is 4.20 Å². The van der Waals surface area contributed by atoms with Crippen LogP contribution in [0.15, 0.2) is 101 Å². The fraction of sp³-hybridized carbons (Fsp3) is 0.143. The van der Waals surface area contributed by atoms with Crippen LogP contribution in [0.5, 0.6) is 0 Å². The third kappa shape index (κ3) is 3.58. The van der Waals surface area contributed by atoms with E-state index in [1.807, 2.05) is 30.3 Å². The number of rotatable bonds is 4. The van der Waals surface area contributed by atoms with Gasteiger partial charge in [-0.3, -0.25) is 0 Å². The van der Waals surface area contributed by atoms with Gasteiger partial charge in [-0.25, -0.2) is 4.20 Å². The lowest BCUT2D eigenvalue weighted by molar-refractivity contribution is 0.562. The predicted molar refractivity (Wildman–Crippen MR) is 129 cm³/mol. The molecule has 5 aromatic rings. The molecule has 3 atom stereocenters. The first-order valence-corrected chi connectivity index (χ1v) is 11.8. The van der Waals surface area contributed by atoms with E-state index < -0.39 is 7.65 Å². The number of benzene rings is 4. The van der Waals surface area contributed by atoms with Crippen molar-refractivity contribution in [1.82, 2.24) is 0 Å². The highest BCUT2D eigenvalue weighted by Gasteiger charge is 2.24. The first-order chi connectivity index (χ1) is 15.1. The predicted octanol–water partition coefficient (Wildman–Crippen LogP) is 8.63. The van der Waals surface area contributed by atoms with Crippen molar-refractivity contribution in [2.45, 2.75) is 25.7 Å². The highest BCUT2D eigenvalue weighted by Crippen LogP contribution is 2.42. The summed E-state index contributed by atoms with van der Waals surface area (Å²) in [6, 6.07) is 33.3. The van der Waals surface area contributed by atoms with Gasteiger partial charge in [-0.05, 0) is 39.5 Å². The molecule has 0 fully saturated rings. The van der Waals surface area contributed by atoms with Crippen molar-refractivity contribution in [2.75, 3.05) is 0 Å². The summed E-state index contributed by atoms with van der Waals surface area (Å²) in [5.74, 6) is 0.350. The molecular weight excluding hydrogens is 399 g/mol. The molecule has 4 aromatic carbocycles. The second kappa shape index (κ2) is 8.13. The first-order valence-electron chi connectivity index (χ1n) is 10.7. The van der Waals surface area contributed by atoms with Crippen molar-refractivity contribution >= 4 is 29.1 Å². The van der Waals surface area contributed by atoms with E-state index in [9.17, 15) is 4.57 Å². The Morgan fingerprint density at radius 2 is 1.23 bits per heavy atom. The highest BCUT2D eigenvalue weighted by atomic mass is 31.1. The molecule has 31 heavy (non-hydrogen) atoms. The Balaban J connectivity index is 1.82. The maximum absolute atomic E-state index is 12.9.